The van der Waals surface area contributed by atoms with Crippen molar-refractivity contribution >= 4 is 16.9 Å². The minimum atomic E-state index is -0.532. The molecule has 0 amide bonds. The fourth-order valence-electron chi connectivity index (χ4n) is 3.58. The largest absolute Gasteiger partial charge is 0.493 e. The molecule has 0 radical (unpaired) electrons. The van der Waals surface area contributed by atoms with Crippen LogP contribution in [-0.4, -0.2) is 26.2 Å². The fourth-order valence-corrected chi connectivity index (χ4v) is 3.58. The number of aliphatic hydroxyl groups excluding tert-OH is 1. The molecule has 0 aliphatic heterocycles. The van der Waals surface area contributed by atoms with Crippen molar-refractivity contribution in [1.82, 2.24) is 14.5 Å². The van der Waals surface area contributed by atoms with Gasteiger partial charge in [-0.25, -0.2) is 9.97 Å². The number of hydrogen-bond acceptors (Lipinski definition) is 5. The van der Waals surface area contributed by atoms with Gasteiger partial charge in [0.05, 0.1) is 18.1 Å². The van der Waals surface area contributed by atoms with E-state index in [0.29, 0.717) is 18.8 Å². The summed E-state index contributed by atoms with van der Waals surface area (Å²) in [5.41, 5.74) is 9.93. The Morgan fingerprint density at radius 1 is 1.03 bits per heavy atom. The van der Waals surface area contributed by atoms with Crippen LogP contribution in [0.4, 0.5) is 5.82 Å². The summed E-state index contributed by atoms with van der Waals surface area (Å²) in [5.74, 6) is 1.24. The standard InChI is InChI=1S/C24H26N4O2/c1-16(2)28-14-20(22-23(25)26-15-27-24(22)28)17-8-10-19(11-9-17)30-13-12-21(29)18-6-4-3-5-7-18/h3-11,14-16,21,29H,12-13H2,1-2H3,(H2,25,26,27). The molecule has 4 aromatic rings. The van der Waals surface area contributed by atoms with Gasteiger partial charge in [0.25, 0.3) is 0 Å². The Morgan fingerprint density at radius 2 is 1.77 bits per heavy atom. The molecule has 2 aromatic heterocycles. The average molecular weight is 402 g/mol. The third-order valence-electron chi connectivity index (χ3n) is 5.20. The number of aliphatic hydroxyl groups is 1. The van der Waals surface area contributed by atoms with E-state index in [9.17, 15) is 5.11 Å². The van der Waals surface area contributed by atoms with E-state index >= 15 is 0 Å². The van der Waals surface area contributed by atoms with Crippen molar-refractivity contribution in [3.63, 3.8) is 0 Å². The molecule has 0 spiro atoms. The van der Waals surface area contributed by atoms with Crippen LogP contribution in [-0.2, 0) is 0 Å². The number of anilines is 1. The predicted molar refractivity (Wildman–Crippen MR) is 119 cm³/mol. The van der Waals surface area contributed by atoms with Crippen molar-refractivity contribution in [2.24, 2.45) is 0 Å². The fraction of sp³-hybridized carbons (Fsp3) is 0.250. The third kappa shape index (κ3) is 4.00. The zero-order valence-electron chi connectivity index (χ0n) is 17.2. The maximum Gasteiger partial charge on any atom is 0.146 e. The molecular formula is C24H26N4O2. The summed E-state index contributed by atoms with van der Waals surface area (Å²) in [6, 6.07) is 17.8. The molecule has 0 aliphatic carbocycles. The zero-order chi connectivity index (χ0) is 21.1. The van der Waals surface area contributed by atoms with Crippen molar-refractivity contribution in [3.8, 4) is 16.9 Å². The van der Waals surface area contributed by atoms with Crippen molar-refractivity contribution in [3.05, 3.63) is 72.7 Å². The first-order valence-electron chi connectivity index (χ1n) is 10.1. The average Bonchev–Trinajstić information content (AvgIpc) is 3.16. The molecule has 3 N–H and O–H groups in total. The maximum absolute atomic E-state index is 10.3. The van der Waals surface area contributed by atoms with E-state index in [1.807, 2.05) is 54.6 Å². The van der Waals surface area contributed by atoms with Crippen LogP contribution in [0, 0.1) is 0 Å². The number of ether oxygens (including phenoxy) is 1. The van der Waals surface area contributed by atoms with Gasteiger partial charge >= 0.3 is 0 Å². The van der Waals surface area contributed by atoms with Crippen molar-refractivity contribution in [2.75, 3.05) is 12.3 Å². The van der Waals surface area contributed by atoms with Gasteiger partial charge in [0.15, 0.2) is 0 Å². The lowest BCUT2D eigenvalue weighted by Crippen LogP contribution is -2.05. The lowest BCUT2D eigenvalue weighted by atomic mass is 10.1. The summed E-state index contributed by atoms with van der Waals surface area (Å²) in [4.78, 5) is 8.60. The van der Waals surface area contributed by atoms with Crippen LogP contribution in [0.2, 0.25) is 0 Å². The highest BCUT2D eigenvalue weighted by molar-refractivity contribution is 6.00. The molecule has 154 valence electrons. The minimum Gasteiger partial charge on any atom is -0.493 e. The molecule has 30 heavy (non-hydrogen) atoms. The van der Waals surface area contributed by atoms with E-state index in [2.05, 4.69) is 34.6 Å². The molecule has 2 aromatic carbocycles. The number of hydrogen-bond donors (Lipinski definition) is 2. The van der Waals surface area contributed by atoms with Gasteiger partial charge in [-0.15, -0.1) is 0 Å². The second kappa shape index (κ2) is 8.55. The normalized spacial score (nSPS) is 12.4. The minimum absolute atomic E-state index is 0.259. The predicted octanol–water partition coefficient (Wildman–Crippen LogP) is 4.76. The highest BCUT2D eigenvalue weighted by atomic mass is 16.5. The van der Waals surface area contributed by atoms with Gasteiger partial charge in [0.1, 0.15) is 23.5 Å². The molecule has 2 heterocycles. The summed E-state index contributed by atoms with van der Waals surface area (Å²) >= 11 is 0. The highest BCUT2D eigenvalue weighted by Gasteiger charge is 2.16. The number of nitrogen functional groups attached to an aromatic ring is 1. The van der Waals surface area contributed by atoms with Crippen LogP contribution in [0.3, 0.4) is 0 Å². The molecule has 0 aliphatic rings. The smallest absolute Gasteiger partial charge is 0.146 e. The topological polar surface area (TPSA) is 86.2 Å². The van der Waals surface area contributed by atoms with E-state index in [-0.39, 0.29) is 6.04 Å². The van der Waals surface area contributed by atoms with Gasteiger partial charge in [-0.05, 0) is 37.1 Å². The second-order valence-corrected chi connectivity index (χ2v) is 7.59. The molecule has 0 saturated carbocycles. The van der Waals surface area contributed by atoms with Gasteiger partial charge in [-0.1, -0.05) is 42.5 Å². The Hall–Kier alpha value is -3.38. The SMILES string of the molecule is CC(C)n1cc(-c2ccc(OCCC(O)c3ccccc3)cc2)c2c(N)ncnc21. The number of nitrogens with zero attached hydrogens (tertiary/aromatic N) is 3. The van der Waals surface area contributed by atoms with Crippen LogP contribution in [0.5, 0.6) is 5.75 Å². The number of fused-ring (bicyclic) bond motifs is 1. The Kier molecular flexibility index (Phi) is 5.68. The van der Waals surface area contributed by atoms with Gasteiger partial charge in [0.2, 0.25) is 0 Å². The second-order valence-electron chi connectivity index (χ2n) is 7.59. The quantitative estimate of drug-likeness (QED) is 0.465. The van der Waals surface area contributed by atoms with Crippen LogP contribution in [0.1, 0.15) is 38.0 Å². The Labute approximate surface area is 176 Å². The number of rotatable bonds is 7. The first kappa shape index (κ1) is 19.9. The maximum atomic E-state index is 10.3. The molecule has 0 fully saturated rings. The summed E-state index contributed by atoms with van der Waals surface area (Å²) in [5, 5.41) is 11.1. The van der Waals surface area contributed by atoms with E-state index in [4.69, 9.17) is 10.5 Å². The lowest BCUT2D eigenvalue weighted by Gasteiger charge is -2.12. The lowest BCUT2D eigenvalue weighted by molar-refractivity contribution is 0.141. The Balaban J connectivity index is 1.49. The first-order chi connectivity index (χ1) is 14.5. The van der Waals surface area contributed by atoms with Crippen molar-refractivity contribution in [2.45, 2.75) is 32.4 Å². The van der Waals surface area contributed by atoms with E-state index in [1.165, 1.54) is 6.33 Å². The van der Waals surface area contributed by atoms with Gasteiger partial charge < -0.3 is 20.1 Å². The third-order valence-corrected chi connectivity index (χ3v) is 5.20. The highest BCUT2D eigenvalue weighted by Crippen LogP contribution is 2.34. The molecule has 6 nitrogen and oxygen atoms in total. The molecule has 0 saturated heterocycles. The summed E-state index contributed by atoms with van der Waals surface area (Å²) in [6.45, 7) is 4.66. The van der Waals surface area contributed by atoms with E-state index in [0.717, 1.165) is 33.5 Å². The molecule has 1 unspecified atom stereocenters. The molecule has 1 atom stereocenters. The van der Waals surface area contributed by atoms with Gasteiger partial charge in [0, 0.05) is 24.2 Å². The van der Waals surface area contributed by atoms with Crippen LogP contribution in [0.25, 0.3) is 22.2 Å². The van der Waals surface area contributed by atoms with Gasteiger partial charge in [-0.3, -0.25) is 0 Å². The molecule has 6 heteroatoms. The first-order valence-corrected chi connectivity index (χ1v) is 10.1. The molecule has 4 rings (SSSR count). The molecule has 0 bridgehead atoms. The summed E-state index contributed by atoms with van der Waals surface area (Å²) in [7, 11) is 0. The summed E-state index contributed by atoms with van der Waals surface area (Å²) in [6.07, 6.45) is 3.57. The van der Waals surface area contributed by atoms with Crippen molar-refractivity contribution in [1.29, 1.82) is 0 Å². The van der Waals surface area contributed by atoms with E-state index in [1.54, 1.807) is 0 Å². The monoisotopic (exact) mass is 402 g/mol. The Bertz CT molecular complexity index is 1120. The van der Waals surface area contributed by atoms with Crippen LogP contribution < -0.4 is 10.5 Å². The zero-order valence-corrected chi connectivity index (χ0v) is 17.2. The summed E-state index contributed by atoms with van der Waals surface area (Å²) < 4.78 is 7.94. The van der Waals surface area contributed by atoms with Crippen molar-refractivity contribution < 1.29 is 9.84 Å². The number of benzene rings is 2. The van der Waals surface area contributed by atoms with E-state index < -0.39 is 6.10 Å². The number of nitrogens with two attached hydrogens (primary N) is 1. The van der Waals surface area contributed by atoms with Gasteiger partial charge in [-0.2, -0.15) is 0 Å². The number of aromatic nitrogens is 3. The molecular weight excluding hydrogens is 376 g/mol. The van der Waals surface area contributed by atoms with Crippen LogP contribution in [0.15, 0.2) is 67.1 Å². The Morgan fingerprint density at radius 3 is 2.47 bits per heavy atom. The van der Waals surface area contributed by atoms with Crippen LogP contribution >= 0.6 is 0 Å².